The normalized spacial score (nSPS) is 12.6. The van der Waals surface area contributed by atoms with E-state index in [9.17, 15) is 18.5 Å². The summed E-state index contributed by atoms with van der Waals surface area (Å²) in [6.45, 7) is 2.53. The Kier molecular flexibility index (Phi) is 6.40. The van der Waals surface area contributed by atoms with Gasteiger partial charge in [0, 0.05) is 28.8 Å². The molecule has 25 heavy (non-hydrogen) atoms. The monoisotopic (exact) mass is 381 g/mol. The highest BCUT2D eigenvalue weighted by atomic mass is 32.2. The number of anilines is 1. The van der Waals surface area contributed by atoms with Crippen LogP contribution in [0.4, 0.5) is 11.4 Å². The standard InChI is InChI=1S/C16H19N3O4S2/c1-12(24-14-5-3-2-4-6-14)9-10-18-15-11-13(19(20)21)7-8-16(15)25(17,22)23/h2-8,11-12,18H,9-10H2,1H3,(H2,17,22,23). The predicted octanol–water partition coefficient (Wildman–Crippen LogP) is 3.23. The smallest absolute Gasteiger partial charge is 0.271 e. The van der Waals surface area contributed by atoms with E-state index in [-0.39, 0.29) is 21.5 Å². The number of hydrogen-bond donors (Lipinski definition) is 2. The largest absolute Gasteiger partial charge is 0.384 e. The van der Waals surface area contributed by atoms with Gasteiger partial charge in [-0.1, -0.05) is 25.1 Å². The predicted molar refractivity (Wildman–Crippen MR) is 99.3 cm³/mol. The number of sulfonamides is 1. The molecule has 0 aromatic heterocycles. The Morgan fingerprint density at radius 2 is 1.92 bits per heavy atom. The third-order valence-corrected chi connectivity index (χ3v) is 5.58. The van der Waals surface area contributed by atoms with Crippen LogP contribution in [-0.4, -0.2) is 25.1 Å². The first-order valence-corrected chi connectivity index (χ1v) is 9.97. The summed E-state index contributed by atoms with van der Waals surface area (Å²) in [4.78, 5) is 11.3. The number of primary sulfonamides is 1. The Hall–Kier alpha value is -2.10. The van der Waals surface area contributed by atoms with Crippen molar-refractivity contribution < 1.29 is 13.3 Å². The SMILES string of the molecule is CC(CCNc1cc([N+](=O)[O-])ccc1S(N)(=O)=O)Sc1ccccc1. The van der Waals surface area contributed by atoms with Crippen molar-refractivity contribution in [2.75, 3.05) is 11.9 Å². The Bertz CT molecular complexity index is 842. The maximum atomic E-state index is 11.6. The van der Waals surface area contributed by atoms with Crippen molar-refractivity contribution in [3.05, 3.63) is 58.6 Å². The maximum absolute atomic E-state index is 11.6. The van der Waals surface area contributed by atoms with Gasteiger partial charge in [0.15, 0.2) is 0 Å². The zero-order valence-corrected chi connectivity index (χ0v) is 15.2. The molecule has 2 aromatic rings. The molecule has 0 aliphatic heterocycles. The average molecular weight is 381 g/mol. The summed E-state index contributed by atoms with van der Waals surface area (Å²) in [6.07, 6.45) is 0.742. The summed E-state index contributed by atoms with van der Waals surface area (Å²) >= 11 is 1.71. The molecule has 7 nitrogen and oxygen atoms in total. The van der Waals surface area contributed by atoms with Crippen LogP contribution in [-0.2, 0) is 10.0 Å². The Balaban J connectivity index is 2.03. The van der Waals surface area contributed by atoms with Crippen LogP contribution in [0.2, 0.25) is 0 Å². The number of nitrogens with one attached hydrogen (secondary N) is 1. The number of hydrogen-bond acceptors (Lipinski definition) is 6. The summed E-state index contributed by atoms with van der Waals surface area (Å²) < 4.78 is 23.3. The lowest BCUT2D eigenvalue weighted by atomic mass is 10.2. The van der Waals surface area contributed by atoms with Crippen LogP contribution in [0.3, 0.4) is 0 Å². The van der Waals surface area contributed by atoms with Crippen molar-refractivity contribution in [1.82, 2.24) is 0 Å². The molecule has 1 unspecified atom stereocenters. The Labute approximate surface area is 150 Å². The fourth-order valence-electron chi connectivity index (χ4n) is 2.22. The third-order valence-electron chi connectivity index (χ3n) is 3.43. The van der Waals surface area contributed by atoms with E-state index >= 15 is 0 Å². The molecule has 0 fully saturated rings. The number of non-ortho nitro benzene ring substituents is 1. The van der Waals surface area contributed by atoms with Crippen LogP contribution in [0.15, 0.2) is 58.3 Å². The van der Waals surface area contributed by atoms with E-state index in [1.54, 1.807) is 11.8 Å². The first-order valence-electron chi connectivity index (χ1n) is 7.54. The fraction of sp³-hybridized carbons (Fsp3) is 0.250. The van der Waals surface area contributed by atoms with Crippen LogP contribution in [0.5, 0.6) is 0 Å². The number of nitrogens with zero attached hydrogens (tertiary/aromatic N) is 1. The molecule has 0 aliphatic rings. The Morgan fingerprint density at radius 1 is 1.24 bits per heavy atom. The van der Waals surface area contributed by atoms with Crippen molar-refractivity contribution in [2.24, 2.45) is 5.14 Å². The molecule has 3 N–H and O–H groups in total. The molecule has 0 spiro atoms. The highest BCUT2D eigenvalue weighted by Gasteiger charge is 2.18. The van der Waals surface area contributed by atoms with E-state index in [0.29, 0.717) is 6.54 Å². The highest BCUT2D eigenvalue weighted by Crippen LogP contribution is 2.27. The second kappa shape index (κ2) is 8.32. The average Bonchev–Trinajstić information content (AvgIpc) is 2.54. The summed E-state index contributed by atoms with van der Waals surface area (Å²) in [5.74, 6) is 0. The lowest BCUT2D eigenvalue weighted by molar-refractivity contribution is -0.384. The van der Waals surface area contributed by atoms with E-state index in [0.717, 1.165) is 23.4 Å². The van der Waals surface area contributed by atoms with Crippen molar-refractivity contribution in [3.8, 4) is 0 Å². The van der Waals surface area contributed by atoms with E-state index in [4.69, 9.17) is 5.14 Å². The van der Waals surface area contributed by atoms with Crippen LogP contribution in [0.25, 0.3) is 0 Å². The van der Waals surface area contributed by atoms with Crippen molar-refractivity contribution in [2.45, 2.75) is 28.4 Å². The van der Waals surface area contributed by atoms with Gasteiger partial charge in [0.2, 0.25) is 10.0 Å². The topological polar surface area (TPSA) is 115 Å². The molecular weight excluding hydrogens is 362 g/mol. The minimum absolute atomic E-state index is 0.147. The quantitative estimate of drug-likeness (QED) is 0.412. The zero-order valence-electron chi connectivity index (χ0n) is 13.6. The second-order valence-electron chi connectivity index (χ2n) is 5.44. The number of nitro groups is 1. The van der Waals surface area contributed by atoms with E-state index in [1.807, 2.05) is 30.3 Å². The van der Waals surface area contributed by atoms with Gasteiger partial charge in [-0.15, -0.1) is 11.8 Å². The summed E-state index contributed by atoms with van der Waals surface area (Å²) in [5, 5.41) is 19.3. The van der Waals surface area contributed by atoms with Gasteiger partial charge in [-0.05, 0) is 24.6 Å². The van der Waals surface area contributed by atoms with E-state index < -0.39 is 14.9 Å². The molecule has 0 radical (unpaired) electrons. The molecule has 9 heteroatoms. The van der Waals surface area contributed by atoms with Crippen molar-refractivity contribution in [3.63, 3.8) is 0 Å². The Morgan fingerprint density at radius 3 is 2.52 bits per heavy atom. The van der Waals surface area contributed by atoms with E-state index in [1.165, 1.54) is 6.07 Å². The minimum atomic E-state index is -3.97. The van der Waals surface area contributed by atoms with Gasteiger partial charge in [0.05, 0.1) is 10.6 Å². The number of nitro benzene ring substituents is 1. The summed E-state index contributed by atoms with van der Waals surface area (Å²) in [7, 11) is -3.97. The summed E-state index contributed by atoms with van der Waals surface area (Å²) in [5.41, 5.74) is -0.0461. The zero-order chi connectivity index (χ0) is 18.4. The molecule has 0 bridgehead atoms. The van der Waals surface area contributed by atoms with Gasteiger partial charge in [0.1, 0.15) is 4.90 Å². The van der Waals surface area contributed by atoms with Gasteiger partial charge < -0.3 is 5.32 Å². The molecule has 0 heterocycles. The molecule has 1 atom stereocenters. The molecule has 0 saturated carbocycles. The van der Waals surface area contributed by atoms with Crippen LogP contribution in [0, 0.1) is 10.1 Å². The molecule has 0 aliphatic carbocycles. The fourth-order valence-corrected chi connectivity index (χ4v) is 3.93. The van der Waals surface area contributed by atoms with Gasteiger partial charge in [-0.25, -0.2) is 13.6 Å². The van der Waals surface area contributed by atoms with Crippen molar-refractivity contribution in [1.29, 1.82) is 0 Å². The molecular formula is C16H19N3O4S2. The highest BCUT2D eigenvalue weighted by molar-refractivity contribution is 7.99. The summed E-state index contributed by atoms with van der Waals surface area (Å²) in [6, 6.07) is 13.4. The van der Waals surface area contributed by atoms with Crippen LogP contribution in [0.1, 0.15) is 13.3 Å². The van der Waals surface area contributed by atoms with Gasteiger partial charge in [-0.3, -0.25) is 10.1 Å². The van der Waals surface area contributed by atoms with Crippen LogP contribution < -0.4 is 10.5 Å². The molecule has 2 rings (SSSR count). The maximum Gasteiger partial charge on any atom is 0.271 e. The minimum Gasteiger partial charge on any atom is -0.384 e. The first kappa shape index (κ1) is 19.2. The van der Waals surface area contributed by atoms with E-state index in [2.05, 4.69) is 12.2 Å². The number of benzene rings is 2. The van der Waals surface area contributed by atoms with Gasteiger partial charge >= 0.3 is 0 Å². The lowest BCUT2D eigenvalue weighted by Crippen LogP contribution is -2.16. The number of rotatable bonds is 8. The van der Waals surface area contributed by atoms with Crippen LogP contribution >= 0.6 is 11.8 Å². The van der Waals surface area contributed by atoms with Gasteiger partial charge in [-0.2, -0.15) is 0 Å². The molecule has 2 aromatic carbocycles. The molecule has 0 amide bonds. The molecule has 134 valence electrons. The van der Waals surface area contributed by atoms with Gasteiger partial charge in [0.25, 0.3) is 5.69 Å². The second-order valence-corrected chi connectivity index (χ2v) is 8.48. The lowest BCUT2D eigenvalue weighted by Gasteiger charge is -2.14. The first-order chi connectivity index (χ1) is 11.8. The number of thioether (sulfide) groups is 1. The van der Waals surface area contributed by atoms with Crippen molar-refractivity contribution >= 4 is 33.2 Å². The molecule has 0 saturated heterocycles. The number of nitrogens with two attached hydrogens (primary N) is 1. The third kappa shape index (κ3) is 5.73.